The molecule has 0 aliphatic rings. The van der Waals surface area contributed by atoms with Gasteiger partial charge >= 0.3 is 5.69 Å². The van der Waals surface area contributed by atoms with Gasteiger partial charge in [-0.25, -0.2) is 0 Å². The Morgan fingerprint density at radius 2 is 1.85 bits per heavy atom. The van der Waals surface area contributed by atoms with Crippen LogP contribution in [0.1, 0.15) is 23.1 Å². The fourth-order valence-corrected chi connectivity index (χ4v) is 2.71. The van der Waals surface area contributed by atoms with Crippen LogP contribution in [0.5, 0.6) is 5.75 Å². The molecule has 0 amide bonds. The summed E-state index contributed by atoms with van der Waals surface area (Å²) in [6.45, 7) is 2.58. The first-order chi connectivity index (χ1) is 12.6. The zero-order valence-electron chi connectivity index (χ0n) is 14.7. The maximum Gasteiger partial charge on any atom is 0.311 e. The normalized spacial score (nSPS) is 10.5. The third-order valence-corrected chi connectivity index (χ3v) is 4.01. The highest BCUT2D eigenvalue weighted by molar-refractivity contribution is 5.48. The van der Waals surface area contributed by atoms with E-state index in [4.69, 9.17) is 15.7 Å². The van der Waals surface area contributed by atoms with Gasteiger partial charge in [0.05, 0.1) is 23.7 Å². The lowest BCUT2D eigenvalue weighted by Crippen LogP contribution is -2.25. The van der Waals surface area contributed by atoms with Crippen LogP contribution in [0.3, 0.4) is 0 Å². The number of nitro benzene ring substituents is 1. The average Bonchev–Trinajstić information content (AvgIpc) is 2.66. The van der Waals surface area contributed by atoms with Gasteiger partial charge < -0.3 is 10.5 Å². The van der Waals surface area contributed by atoms with E-state index in [1.807, 2.05) is 18.2 Å². The first-order valence-corrected chi connectivity index (χ1v) is 8.30. The Morgan fingerprint density at radius 1 is 1.19 bits per heavy atom. The van der Waals surface area contributed by atoms with Gasteiger partial charge in [0.2, 0.25) is 0 Å². The van der Waals surface area contributed by atoms with Gasteiger partial charge in [0.1, 0.15) is 0 Å². The van der Waals surface area contributed by atoms with Crippen molar-refractivity contribution in [2.24, 2.45) is 5.73 Å². The van der Waals surface area contributed by atoms with Crippen molar-refractivity contribution in [1.29, 1.82) is 5.26 Å². The number of ether oxygens (including phenoxy) is 1. The number of nitro groups is 1. The van der Waals surface area contributed by atoms with Gasteiger partial charge in [-0.05, 0) is 42.3 Å². The lowest BCUT2D eigenvalue weighted by Gasteiger charge is -2.22. The maximum atomic E-state index is 11.2. The van der Waals surface area contributed by atoms with Crippen molar-refractivity contribution in [2.45, 2.75) is 19.5 Å². The van der Waals surface area contributed by atoms with E-state index < -0.39 is 4.92 Å². The minimum atomic E-state index is -0.437. The zero-order valence-corrected chi connectivity index (χ0v) is 14.7. The molecular formula is C19H22N4O3. The van der Waals surface area contributed by atoms with Gasteiger partial charge in [-0.3, -0.25) is 15.0 Å². The third kappa shape index (κ3) is 5.28. The van der Waals surface area contributed by atoms with Crippen LogP contribution in [0.25, 0.3) is 0 Å². The Labute approximate surface area is 152 Å². The molecule has 0 saturated heterocycles. The minimum absolute atomic E-state index is 0.0397. The second kappa shape index (κ2) is 9.51. The average molecular weight is 354 g/mol. The van der Waals surface area contributed by atoms with E-state index >= 15 is 0 Å². The lowest BCUT2D eigenvalue weighted by molar-refractivity contribution is -0.385. The van der Waals surface area contributed by atoms with Crippen molar-refractivity contribution in [3.63, 3.8) is 0 Å². The summed E-state index contributed by atoms with van der Waals surface area (Å²) in [5.41, 5.74) is 8.12. The largest absolute Gasteiger partial charge is 0.490 e. The summed E-state index contributed by atoms with van der Waals surface area (Å²) in [7, 11) is 1.42. The predicted molar refractivity (Wildman–Crippen MR) is 98.6 cm³/mol. The molecule has 2 rings (SSSR count). The van der Waals surface area contributed by atoms with Gasteiger partial charge in [-0.1, -0.05) is 18.2 Å². The van der Waals surface area contributed by atoms with Crippen molar-refractivity contribution in [1.82, 2.24) is 4.90 Å². The van der Waals surface area contributed by atoms with Crippen molar-refractivity contribution >= 4 is 5.69 Å². The van der Waals surface area contributed by atoms with E-state index in [1.54, 1.807) is 24.3 Å². The zero-order chi connectivity index (χ0) is 18.9. The molecule has 0 aromatic heterocycles. The molecule has 0 fully saturated rings. The molecule has 0 radical (unpaired) electrons. The first-order valence-electron chi connectivity index (χ1n) is 8.30. The molecule has 0 atom stereocenters. The number of methoxy groups -OCH3 is 1. The number of nitriles is 1. The van der Waals surface area contributed by atoms with Crippen LogP contribution < -0.4 is 10.5 Å². The number of hydrogen-bond donors (Lipinski definition) is 1. The minimum Gasteiger partial charge on any atom is -0.490 e. The number of hydrogen-bond acceptors (Lipinski definition) is 6. The van der Waals surface area contributed by atoms with E-state index in [0.717, 1.165) is 24.1 Å². The molecule has 7 heteroatoms. The number of rotatable bonds is 9. The molecule has 0 bridgehead atoms. The maximum absolute atomic E-state index is 11.2. The fourth-order valence-electron chi connectivity index (χ4n) is 2.71. The summed E-state index contributed by atoms with van der Waals surface area (Å²) >= 11 is 0. The molecule has 136 valence electrons. The molecule has 2 N–H and O–H groups in total. The monoisotopic (exact) mass is 354 g/mol. The Kier molecular flexibility index (Phi) is 7.09. The molecule has 0 unspecified atom stereocenters. The third-order valence-electron chi connectivity index (χ3n) is 4.01. The van der Waals surface area contributed by atoms with Gasteiger partial charge in [0, 0.05) is 25.7 Å². The predicted octanol–water partition coefficient (Wildman–Crippen LogP) is 2.83. The van der Waals surface area contributed by atoms with E-state index in [2.05, 4.69) is 11.0 Å². The lowest BCUT2D eigenvalue weighted by atomic mass is 10.1. The molecule has 7 nitrogen and oxygen atoms in total. The molecule has 0 heterocycles. The molecule has 0 aliphatic heterocycles. The number of nitrogens with two attached hydrogens (primary N) is 1. The first kappa shape index (κ1) is 19.4. The van der Waals surface area contributed by atoms with Crippen LogP contribution in [-0.2, 0) is 13.1 Å². The van der Waals surface area contributed by atoms with Crippen molar-refractivity contribution < 1.29 is 9.66 Å². The molecule has 0 saturated carbocycles. The van der Waals surface area contributed by atoms with Gasteiger partial charge in [0.15, 0.2) is 5.75 Å². The molecule has 0 spiro atoms. The van der Waals surface area contributed by atoms with E-state index in [-0.39, 0.29) is 11.4 Å². The number of benzene rings is 2. The molecule has 2 aromatic carbocycles. The highest BCUT2D eigenvalue weighted by Gasteiger charge is 2.16. The van der Waals surface area contributed by atoms with Crippen LogP contribution in [-0.4, -0.2) is 30.0 Å². The summed E-state index contributed by atoms with van der Waals surface area (Å²) in [5, 5.41) is 20.1. The SMILES string of the molecule is COc1ccc(CN(CCCN)Cc2ccc(C#N)cc2)cc1[N+](=O)[O-]. The number of nitrogens with zero attached hydrogens (tertiary/aromatic N) is 3. The molecular weight excluding hydrogens is 332 g/mol. The highest BCUT2D eigenvalue weighted by Crippen LogP contribution is 2.28. The topological polar surface area (TPSA) is 105 Å². The Bertz CT molecular complexity index is 784. The summed E-state index contributed by atoms with van der Waals surface area (Å²) in [4.78, 5) is 13.0. The summed E-state index contributed by atoms with van der Waals surface area (Å²) in [6.07, 6.45) is 0.828. The standard InChI is InChI=1S/C19H22N4O3/c1-26-19-8-7-17(11-18(19)23(24)25)14-22(10-2-9-20)13-16-5-3-15(12-21)4-6-16/h3-8,11H,2,9-10,13-14,20H2,1H3. The molecule has 26 heavy (non-hydrogen) atoms. The van der Waals surface area contributed by atoms with Crippen LogP contribution in [0, 0.1) is 21.4 Å². The van der Waals surface area contributed by atoms with E-state index in [9.17, 15) is 10.1 Å². The second-order valence-corrected chi connectivity index (χ2v) is 5.92. The smallest absolute Gasteiger partial charge is 0.311 e. The van der Waals surface area contributed by atoms with Crippen LogP contribution in [0.4, 0.5) is 5.69 Å². The highest BCUT2D eigenvalue weighted by atomic mass is 16.6. The van der Waals surface area contributed by atoms with Crippen LogP contribution >= 0.6 is 0 Å². The summed E-state index contributed by atoms with van der Waals surface area (Å²) in [6, 6.07) is 14.5. The Balaban J connectivity index is 2.17. The summed E-state index contributed by atoms with van der Waals surface area (Å²) < 4.78 is 5.05. The van der Waals surface area contributed by atoms with Gasteiger partial charge in [-0.15, -0.1) is 0 Å². The van der Waals surface area contributed by atoms with Gasteiger partial charge in [0.25, 0.3) is 0 Å². The van der Waals surface area contributed by atoms with Crippen molar-refractivity contribution in [3.8, 4) is 11.8 Å². The fraction of sp³-hybridized carbons (Fsp3) is 0.316. The van der Waals surface area contributed by atoms with Crippen LogP contribution in [0.15, 0.2) is 42.5 Å². The Hall–Kier alpha value is -2.95. The Morgan fingerprint density at radius 3 is 2.42 bits per heavy atom. The van der Waals surface area contributed by atoms with Crippen molar-refractivity contribution in [2.75, 3.05) is 20.2 Å². The van der Waals surface area contributed by atoms with Crippen LogP contribution in [0.2, 0.25) is 0 Å². The van der Waals surface area contributed by atoms with Gasteiger partial charge in [-0.2, -0.15) is 5.26 Å². The molecule has 2 aromatic rings. The van der Waals surface area contributed by atoms with Crippen molar-refractivity contribution in [3.05, 3.63) is 69.3 Å². The van der Waals surface area contributed by atoms with E-state index in [0.29, 0.717) is 25.2 Å². The summed E-state index contributed by atoms with van der Waals surface area (Å²) in [5.74, 6) is 0.249. The quantitative estimate of drug-likeness (QED) is 0.548. The van der Waals surface area contributed by atoms with E-state index in [1.165, 1.54) is 7.11 Å². The molecule has 0 aliphatic carbocycles. The second-order valence-electron chi connectivity index (χ2n) is 5.92.